The van der Waals surface area contributed by atoms with Crippen LogP contribution < -0.4 is 10.9 Å². The van der Waals surface area contributed by atoms with Gasteiger partial charge in [0.1, 0.15) is 5.02 Å². The van der Waals surface area contributed by atoms with Crippen molar-refractivity contribution in [2.75, 3.05) is 11.9 Å². The quantitative estimate of drug-likeness (QED) is 0.865. The fourth-order valence-corrected chi connectivity index (χ4v) is 2.40. The van der Waals surface area contributed by atoms with Crippen LogP contribution in [0.4, 0.5) is 5.69 Å². The van der Waals surface area contributed by atoms with Crippen LogP contribution in [-0.2, 0) is 6.54 Å². The van der Waals surface area contributed by atoms with Crippen LogP contribution in [0, 0.1) is 11.8 Å². The molecule has 19 heavy (non-hydrogen) atoms. The first-order valence-electron chi connectivity index (χ1n) is 6.65. The lowest BCUT2D eigenvalue weighted by Gasteiger charge is -2.31. The summed E-state index contributed by atoms with van der Waals surface area (Å²) in [6, 6.07) is 0. The van der Waals surface area contributed by atoms with Crippen molar-refractivity contribution in [3.8, 4) is 0 Å². The van der Waals surface area contributed by atoms with Gasteiger partial charge in [0.05, 0.1) is 18.0 Å². The summed E-state index contributed by atoms with van der Waals surface area (Å²) < 4.78 is 1.39. The summed E-state index contributed by atoms with van der Waals surface area (Å²) in [7, 11) is 0. The number of nitrogens with zero attached hydrogens (tertiary/aromatic N) is 2. The minimum atomic E-state index is -0.256. The molecule has 0 atom stereocenters. The zero-order valence-electron chi connectivity index (χ0n) is 11.3. The molecule has 1 aromatic rings. The molecule has 0 bridgehead atoms. The Labute approximate surface area is 117 Å². The van der Waals surface area contributed by atoms with Gasteiger partial charge in [0.15, 0.2) is 0 Å². The zero-order valence-corrected chi connectivity index (χ0v) is 12.0. The van der Waals surface area contributed by atoms with Crippen LogP contribution in [0.5, 0.6) is 0 Å². The summed E-state index contributed by atoms with van der Waals surface area (Å²) in [5.74, 6) is 0.792. The maximum atomic E-state index is 12.0. The normalized spacial score (nSPS) is 22.4. The van der Waals surface area contributed by atoms with Gasteiger partial charge >= 0.3 is 0 Å². The van der Waals surface area contributed by atoms with Gasteiger partial charge < -0.3 is 10.4 Å². The molecule has 1 heterocycles. The maximum Gasteiger partial charge on any atom is 0.287 e. The largest absolute Gasteiger partial charge is 0.393 e. The van der Waals surface area contributed by atoms with Crippen molar-refractivity contribution < 1.29 is 5.11 Å². The van der Waals surface area contributed by atoms with Crippen LogP contribution in [0.1, 0.15) is 26.7 Å². The van der Waals surface area contributed by atoms with Gasteiger partial charge in [0.2, 0.25) is 0 Å². The van der Waals surface area contributed by atoms with E-state index in [2.05, 4.69) is 10.4 Å². The van der Waals surface area contributed by atoms with E-state index in [4.69, 9.17) is 11.6 Å². The first kappa shape index (κ1) is 14.3. The highest BCUT2D eigenvalue weighted by molar-refractivity contribution is 6.32. The third-order valence-electron chi connectivity index (χ3n) is 3.31. The fourth-order valence-electron chi connectivity index (χ4n) is 2.19. The topological polar surface area (TPSA) is 67.2 Å². The molecule has 1 aliphatic carbocycles. The molecular formula is C13H20ClN3O2. The Morgan fingerprint density at radius 2 is 2.26 bits per heavy atom. The third-order valence-corrected chi connectivity index (χ3v) is 3.68. The number of aromatic nitrogens is 2. The van der Waals surface area contributed by atoms with Gasteiger partial charge in [-0.15, -0.1) is 0 Å². The van der Waals surface area contributed by atoms with Crippen LogP contribution in [0.25, 0.3) is 0 Å². The minimum absolute atomic E-state index is 0.167. The van der Waals surface area contributed by atoms with Crippen molar-refractivity contribution in [2.45, 2.75) is 39.3 Å². The summed E-state index contributed by atoms with van der Waals surface area (Å²) in [6.07, 6.45) is 3.05. The number of rotatable bonds is 5. The second kappa shape index (κ2) is 5.92. The van der Waals surface area contributed by atoms with E-state index in [9.17, 15) is 9.90 Å². The van der Waals surface area contributed by atoms with Crippen LogP contribution in [0.2, 0.25) is 5.02 Å². The number of aliphatic hydroxyl groups is 1. The fraction of sp³-hybridized carbons (Fsp3) is 0.692. The summed E-state index contributed by atoms with van der Waals surface area (Å²) in [4.78, 5) is 12.0. The molecule has 1 fully saturated rings. The van der Waals surface area contributed by atoms with Gasteiger partial charge in [-0.25, -0.2) is 4.68 Å². The molecular weight excluding hydrogens is 266 g/mol. The first-order valence-corrected chi connectivity index (χ1v) is 7.02. The Morgan fingerprint density at radius 3 is 2.84 bits per heavy atom. The molecule has 5 nitrogen and oxygen atoms in total. The number of halogens is 1. The number of hydrogen-bond donors (Lipinski definition) is 2. The van der Waals surface area contributed by atoms with Crippen molar-refractivity contribution in [1.82, 2.24) is 9.78 Å². The average molecular weight is 286 g/mol. The van der Waals surface area contributed by atoms with Crippen molar-refractivity contribution >= 4 is 17.3 Å². The number of hydrogen-bond acceptors (Lipinski definition) is 4. The van der Waals surface area contributed by atoms with Gasteiger partial charge in [-0.05, 0) is 24.7 Å². The van der Waals surface area contributed by atoms with E-state index in [0.717, 1.165) is 12.8 Å². The lowest BCUT2D eigenvalue weighted by molar-refractivity contribution is 0.0487. The SMILES string of the molecule is CC(C)Cn1ncc(NCC2CC(O)C2)c(Cl)c1=O. The highest BCUT2D eigenvalue weighted by Gasteiger charge is 2.26. The molecule has 0 spiro atoms. The summed E-state index contributed by atoms with van der Waals surface area (Å²) in [5, 5.41) is 16.7. The van der Waals surface area contributed by atoms with Crippen molar-refractivity contribution in [1.29, 1.82) is 0 Å². The van der Waals surface area contributed by atoms with E-state index in [1.165, 1.54) is 4.68 Å². The van der Waals surface area contributed by atoms with Crippen LogP contribution in [0.3, 0.4) is 0 Å². The Balaban J connectivity index is 2.01. The molecule has 0 saturated heterocycles. The zero-order chi connectivity index (χ0) is 14.0. The first-order chi connectivity index (χ1) is 8.97. The smallest absolute Gasteiger partial charge is 0.287 e. The highest BCUT2D eigenvalue weighted by atomic mass is 35.5. The second-order valence-electron chi connectivity index (χ2n) is 5.63. The predicted molar refractivity (Wildman–Crippen MR) is 75.6 cm³/mol. The summed E-state index contributed by atoms with van der Waals surface area (Å²) >= 11 is 6.07. The molecule has 6 heteroatoms. The van der Waals surface area contributed by atoms with Crippen molar-refractivity contribution in [2.24, 2.45) is 11.8 Å². The van der Waals surface area contributed by atoms with Crippen LogP contribution in [-0.4, -0.2) is 27.5 Å². The predicted octanol–water partition coefficient (Wildman–Crippen LogP) is 1.74. The van der Waals surface area contributed by atoms with E-state index in [-0.39, 0.29) is 16.7 Å². The summed E-state index contributed by atoms with van der Waals surface area (Å²) in [5.41, 5.74) is 0.321. The molecule has 0 radical (unpaired) electrons. The van der Waals surface area contributed by atoms with Gasteiger partial charge in [-0.2, -0.15) is 5.10 Å². The van der Waals surface area contributed by atoms with Gasteiger partial charge in [0, 0.05) is 13.1 Å². The Bertz CT molecular complexity index is 495. The minimum Gasteiger partial charge on any atom is -0.393 e. The lowest BCUT2D eigenvalue weighted by atomic mass is 9.82. The Kier molecular flexibility index (Phi) is 4.47. The number of aliphatic hydroxyl groups excluding tert-OH is 1. The molecule has 1 aromatic heterocycles. The van der Waals surface area contributed by atoms with E-state index >= 15 is 0 Å². The standard InChI is InChI=1S/C13H20ClN3O2/c1-8(2)7-17-13(19)12(14)11(6-16-17)15-5-9-3-10(18)4-9/h6,8-10,15,18H,3-5,7H2,1-2H3. The van der Waals surface area contributed by atoms with Crippen LogP contribution in [0.15, 0.2) is 11.0 Å². The molecule has 1 saturated carbocycles. The summed E-state index contributed by atoms with van der Waals surface area (Å²) in [6.45, 7) is 5.33. The van der Waals surface area contributed by atoms with E-state index < -0.39 is 0 Å². The molecule has 2 rings (SSSR count). The highest BCUT2D eigenvalue weighted by Crippen LogP contribution is 2.27. The molecule has 2 N–H and O–H groups in total. The molecule has 0 amide bonds. The maximum absolute atomic E-state index is 12.0. The van der Waals surface area contributed by atoms with E-state index in [1.54, 1.807) is 6.20 Å². The average Bonchev–Trinajstić information content (AvgIpc) is 2.31. The monoisotopic (exact) mass is 285 g/mol. The van der Waals surface area contributed by atoms with Crippen molar-refractivity contribution in [3.05, 3.63) is 21.6 Å². The third kappa shape index (κ3) is 3.48. The number of nitrogens with one attached hydrogen (secondary N) is 1. The molecule has 106 valence electrons. The van der Waals surface area contributed by atoms with Crippen LogP contribution >= 0.6 is 11.6 Å². The molecule has 0 unspecified atom stereocenters. The van der Waals surface area contributed by atoms with Gasteiger partial charge in [0.25, 0.3) is 5.56 Å². The van der Waals surface area contributed by atoms with Gasteiger partial charge in [-0.3, -0.25) is 4.79 Å². The molecule has 1 aliphatic rings. The second-order valence-corrected chi connectivity index (χ2v) is 6.00. The lowest BCUT2D eigenvalue weighted by Crippen LogP contribution is -2.33. The van der Waals surface area contributed by atoms with E-state index in [0.29, 0.717) is 30.6 Å². The number of anilines is 1. The van der Waals surface area contributed by atoms with Gasteiger partial charge in [-0.1, -0.05) is 25.4 Å². The molecule has 0 aromatic carbocycles. The van der Waals surface area contributed by atoms with Crippen molar-refractivity contribution in [3.63, 3.8) is 0 Å². The molecule has 0 aliphatic heterocycles. The van der Waals surface area contributed by atoms with E-state index in [1.807, 2.05) is 13.8 Å². The Morgan fingerprint density at radius 1 is 1.58 bits per heavy atom. The Hall–Kier alpha value is -1.07.